The van der Waals surface area contributed by atoms with Crippen LogP contribution in [0, 0.1) is 6.92 Å². The number of aryl methyl sites for hydroxylation is 1. The zero-order chi connectivity index (χ0) is 7.72. The first-order valence-corrected chi connectivity index (χ1v) is 2.70. The van der Waals surface area contributed by atoms with Gasteiger partial charge in [0, 0.05) is 11.8 Å². The molecule has 0 saturated carbocycles. The normalized spacial score (nSPS) is 9.82. The highest BCUT2D eigenvalue weighted by Crippen LogP contribution is 2.13. The second-order valence-electron chi connectivity index (χ2n) is 1.96. The van der Waals surface area contributed by atoms with Crippen LogP contribution < -0.4 is 5.73 Å². The van der Waals surface area contributed by atoms with E-state index in [2.05, 4.69) is 5.10 Å². The fourth-order valence-corrected chi connectivity index (χ4v) is 0.597. The Balaban J connectivity index is 0.000001000. The monoisotopic (exact) mass is 183 g/mol. The molecule has 0 atom stereocenters. The molecule has 1 rings (SSSR count). The Bertz CT molecular complexity index is 216. The highest BCUT2D eigenvalue weighted by molar-refractivity contribution is 5.85. The summed E-state index contributed by atoms with van der Waals surface area (Å²) in [5.41, 5.74) is 5.78. The molecule has 64 valence electrons. The molecule has 0 aliphatic rings. The predicted molar refractivity (Wildman–Crippen MR) is 39.9 cm³/mol. The first-order valence-electron chi connectivity index (χ1n) is 2.70. The number of nitrogens with two attached hydrogens (primary N) is 1. The Hall–Kier alpha value is -0.840. The van der Waals surface area contributed by atoms with Gasteiger partial charge < -0.3 is 5.73 Å². The van der Waals surface area contributed by atoms with Gasteiger partial charge in [0.2, 0.25) is 0 Å². The molecular formula is C5H8ClF2N3. The number of alkyl halides is 2. The van der Waals surface area contributed by atoms with Gasteiger partial charge in [0.1, 0.15) is 5.82 Å². The highest BCUT2D eigenvalue weighted by Gasteiger charge is 2.07. The average Bonchev–Trinajstić information content (AvgIpc) is 2.13. The molecule has 1 heterocycles. The summed E-state index contributed by atoms with van der Waals surface area (Å²) >= 11 is 0. The molecule has 1 aromatic rings. The Labute approximate surface area is 68.6 Å². The molecule has 0 saturated heterocycles. The second-order valence-corrected chi connectivity index (χ2v) is 1.96. The van der Waals surface area contributed by atoms with Crippen LogP contribution in [0.25, 0.3) is 0 Å². The summed E-state index contributed by atoms with van der Waals surface area (Å²) < 4.78 is 24.1. The van der Waals surface area contributed by atoms with Crippen molar-refractivity contribution in [1.82, 2.24) is 9.78 Å². The van der Waals surface area contributed by atoms with Crippen molar-refractivity contribution in [2.45, 2.75) is 13.5 Å². The maximum atomic E-state index is 11.8. The maximum Gasteiger partial charge on any atom is 0.333 e. The van der Waals surface area contributed by atoms with Gasteiger partial charge >= 0.3 is 6.55 Å². The summed E-state index contributed by atoms with van der Waals surface area (Å²) in [6, 6.07) is 0. The van der Waals surface area contributed by atoms with Crippen LogP contribution in [0.3, 0.4) is 0 Å². The van der Waals surface area contributed by atoms with Crippen molar-refractivity contribution in [2.75, 3.05) is 5.73 Å². The van der Waals surface area contributed by atoms with Gasteiger partial charge in [-0.05, 0) is 6.92 Å². The fraction of sp³-hybridized carbons (Fsp3) is 0.400. The number of rotatable bonds is 1. The Morgan fingerprint density at radius 1 is 1.64 bits per heavy atom. The van der Waals surface area contributed by atoms with Crippen molar-refractivity contribution in [3.05, 3.63) is 11.8 Å². The largest absolute Gasteiger partial charge is 0.382 e. The minimum absolute atomic E-state index is 0. The van der Waals surface area contributed by atoms with E-state index >= 15 is 0 Å². The van der Waals surface area contributed by atoms with Crippen LogP contribution >= 0.6 is 12.4 Å². The van der Waals surface area contributed by atoms with E-state index in [9.17, 15) is 8.78 Å². The van der Waals surface area contributed by atoms with Crippen LogP contribution in [0.1, 0.15) is 12.1 Å². The average molecular weight is 184 g/mol. The molecule has 11 heavy (non-hydrogen) atoms. The number of nitrogen functional groups attached to an aromatic ring is 1. The second kappa shape index (κ2) is 3.52. The summed E-state index contributed by atoms with van der Waals surface area (Å²) in [6.45, 7) is -0.975. The van der Waals surface area contributed by atoms with Gasteiger partial charge in [0.15, 0.2) is 0 Å². The Morgan fingerprint density at radius 2 is 2.18 bits per heavy atom. The molecule has 2 N–H and O–H groups in total. The van der Waals surface area contributed by atoms with Crippen LogP contribution in [0.4, 0.5) is 14.6 Å². The number of anilines is 1. The minimum Gasteiger partial charge on any atom is -0.382 e. The zero-order valence-corrected chi connectivity index (χ0v) is 6.61. The predicted octanol–water partition coefficient (Wildman–Crippen LogP) is 1.59. The molecule has 0 aromatic carbocycles. The molecule has 0 aliphatic carbocycles. The van der Waals surface area contributed by atoms with Crippen molar-refractivity contribution < 1.29 is 8.78 Å². The van der Waals surface area contributed by atoms with Gasteiger partial charge in [-0.3, -0.25) is 0 Å². The van der Waals surface area contributed by atoms with Gasteiger partial charge in [0.05, 0.1) is 0 Å². The summed E-state index contributed by atoms with van der Waals surface area (Å²) in [4.78, 5) is 0. The number of halogens is 3. The van der Waals surface area contributed by atoms with E-state index in [1.54, 1.807) is 6.92 Å². The van der Waals surface area contributed by atoms with Crippen LogP contribution in [-0.4, -0.2) is 9.78 Å². The smallest absolute Gasteiger partial charge is 0.333 e. The molecule has 0 bridgehead atoms. The quantitative estimate of drug-likeness (QED) is 0.719. The van der Waals surface area contributed by atoms with E-state index in [0.717, 1.165) is 0 Å². The van der Waals surface area contributed by atoms with E-state index in [1.807, 2.05) is 0 Å². The molecule has 1 aromatic heterocycles. The molecule has 0 amide bonds. The lowest BCUT2D eigenvalue weighted by atomic mass is 10.4. The van der Waals surface area contributed by atoms with Gasteiger partial charge in [0.25, 0.3) is 0 Å². The van der Waals surface area contributed by atoms with Gasteiger partial charge in [-0.15, -0.1) is 12.4 Å². The third-order valence-electron chi connectivity index (χ3n) is 1.15. The molecule has 0 radical (unpaired) electrons. The standard InChI is InChI=1S/C5H7F2N3.ClH/c1-3-2-10(5(6)7)9-4(3)8;/h2,5H,1H3,(H2,8,9);1H. The van der Waals surface area contributed by atoms with Crippen molar-refractivity contribution in [3.8, 4) is 0 Å². The van der Waals surface area contributed by atoms with Crippen LogP contribution in [0.5, 0.6) is 0 Å². The van der Waals surface area contributed by atoms with Crippen molar-refractivity contribution >= 4 is 18.2 Å². The van der Waals surface area contributed by atoms with E-state index < -0.39 is 6.55 Å². The summed E-state index contributed by atoms with van der Waals surface area (Å²) in [7, 11) is 0. The van der Waals surface area contributed by atoms with Crippen LogP contribution in [-0.2, 0) is 0 Å². The number of hydrogen-bond donors (Lipinski definition) is 1. The van der Waals surface area contributed by atoms with E-state index in [1.165, 1.54) is 6.20 Å². The van der Waals surface area contributed by atoms with Crippen molar-refractivity contribution in [2.24, 2.45) is 0 Å². The summed E-state index contributed by atoms with van der Waals surface area (Å²) in [6.07, 6.45) is 1.21. The zero-order valence-electron chi connectivity index (χ0n) is 5.79. The van der Waals surface area contributed by atoms with Crippen molar-refractivity contribution in [1.29, 1.82) is 0 Å². The molecule has 0 unspecified atom stereocenters. The summed E-state index contributed by atoms with van der Waals surface area (Å²) in [5, 5.41) is 3.35. The number of aromatic nitrogens is 2. The molecular weight excluding hydrogens is 176 g/mol. The third kappa shape index (κ3) is 2.04. The maximum absolute atomic E-state index is 11.8. The van der Waals surface area contributed by atoms with Gasteiger partial charge in [-0.2, -0.15) is 13.9 Å². The molecule has 6 heteroatoms. The van der Waals surface area contributed by atoms with E-state index in [-0.39, 0.29) is 18.2 Å². The van der Waals surface area contributed by atoms with Crippen LogP contribution in [0.15, 0.2) is 6.20 Å². The summed E-state index contributed by atoms with van der Waals surface area (Å²) in [5.74, 6) is 0.153. The molecule has 3 nitrogen and oxygen atoms in total. The lowest BCUT2D eigenvalue weighted by molar-refractivity contribution is 0.0568. The molecule has 0 aliphatic heterocycles. The van der Waals surface area contributed by atoms with Crippen LogP contribution in [0.2, 0.25) is 0 Å². The van der Waals surface area contributed by atoms with Gasteiger partial charge in [-0.1, -0.05) is 0 Å². The SMILES string of the molecule is Cc1cn(C(F)F)nc1N.Cl. The first-order chi connectivity index (χ1) is 4.61. The van der Waals surface area contributed by atoms with E-state index in [4.69, 9.17) is 5.73 Å². The Kier molecular flexibility index (Phi) is 3.25. The fourth-order valence-electron chi connectivity index (χ4n) is 0.597. The number of hydrogen-bond acceptors (Lipinski definition) is 2. The first kappa shape index (κ1) is 10.2. The van der Waals surface area contributed by atoms with E-state index in [0.29, 0.717) is 10.2 Å². The van der Waals surface area contributed by atoms with Crippen molar-refractivity contribution in [3.63, 3.8) is 0 Å². The number of nitrogens with zero attached hydrogens (tertiary/aromatic N) is 2. The Morgan fingerprint density at radius 3 is 2.36 bits per heavy atom. The minimum atomic E-state index is -2.60. The lowest BCUT2D eigenvalue weighted by Gasteiger charge is -1.94. The topological polar surface area (TPSA) is 43.8 Å². The van der Waals surface area contributed by atoms with Gasteiger partial charge in [-0.25, -0.2) is 4.68 Å². The lowest BCUT2D eigenvalue weighted by Crippen LogP contribution is -1.98. The third-order valence-corrected chi connectivity index (χ3v) is 1.15. The molecule has 0 fully saturated rings. The molecule has 0 spiro atoms. The highest BCUT2D eigenvalue weighted by atomic mass is 35.5.